The molecule has 8 aromatic rings. The third-order valence-corrected chi connectivity index (χ3v) is 8.53. The molecular weight excluding hydrogens is 727 g/mol. The Labute approximate surface area is 298 Å². The lowest BCUT2D eigenvalue weighted by atomic mass is 10.1. The van der Waals surface area contributed by atoms with Crippen molar-refractivity contribution in [1.82, 2.24) is 49.5 Å². The topological polar surface area (TPSA) is 165 Å². The minimum Gasteiger partial charge on any atom is -0.382 e. The van der Waals surface area contributed by atoms with Crippen molar-refractivity contribution in [2.24, 2.45) is 0 Å². The Bertz CT molecular complexity index is 2510. The van der Waals surface area contributed by atoms with Crippen LogP contribution in [-0.4, -0.2) is 49.5 Å². The molecule has 0 saturated carbocycles. The highest BCUT2D eigenvalue weighted by Crippen LogP contribution is 2.34. The monoisotopic (exact) mass is 750 g/mol. The van der Waals surface area contributed by atoms with Crippen LogP contribution in [0.3, 0.4) is 0 Å². The number of nitrogens with zero attached hydrogens (tertiary/aromatic N) is 10. The second-order valence-electron chi connectivity index (χ2n) is 10.9. The smallest absolute Gasteiger partial charge is 0.182 e. The molecule has 0 aliphatic rings. The second kappa shape index (κ2) is 13.2. The van der Waals surface area contributed by atoms with Gasteiger partial charge in [0.05, 0.1) is 38.7 Å². The quantitative estimate of drug-likeness (QED) is 0.183. The van der Waals surface area contributed by atoms with Crippen molar-refractivity contribution in [3.05, 3.63) is 118 Å². The number of rotatable bonds is 4. The Morgan fingerprint density at radius 2 is 1.18 bits per heavy atom. The van der Waals surface area contributed by atoms with Gasteiger partial charge in [-0.2, -0.15) is 10.2 Å². The number of aryl methyl sites for hydroxylation is 2. The lowest BCUT2D eigenvalue weighted by Crippen LogP contribution is -2.07. The Morgan fingerprint density at radius 3 is 1.71 bits per heavy atom. The van der Waals surface area contributed by atoms with Gasteiger partial charge in [0.2, 0.25) is 0 Å². The standard InChI is InChI=1S/C17H12BrClN6.C17H13ClN6/c1-9-4-6-25(24-9)17-14(22-15(18)16(20)23-17)11-7-10-3-2-5-21-13(10)12(19)8-11;1-10-4-6-24(23-10)17-16(21-9-14(19)22-17)12-7-11-3-2-5-20-15(11)13(18)8-12/h2-8H,1H3,(H2,20,23);2-9H,1H3,(H2,19,22). The van der Waals surface area contributed by atoms with Gasteiger partial charge in [-0.1, -0.05) is 35.3 Å². The number of benzene rings is 2. The summed E-state index contributed by atoms with van der Waals surface area (Å²) in [7, 11) is 0. The molecule has 49 heavy (non-hydrogen) atoms. The molecule has 242 valence electrons. The van der Waals surface area contributed by atoms with E-state index < -0.39 is 0 Å². The number of hydrogen-bond donors (Lipinski definition) is 2. The van der Waals surface area contributed by atoms with Crippen molar-refractivity contribution < 1.29 is 0 Å². The van der Waals surface area contributed by atoms with E-state index in [0.29, 0.717) is 49.3 Å². The fourth-order valence-electron chi connectivity index (χ4n) is 5.16. The zero-order valence-electron chi connectivity index (χ0n) is 25.9. The van der Waals surface area contributed by atoms with Crippen molar-refractivity contribution in [1.29, 1.82) is 0 Å². The van der Waals surface area contributed by atoms with Crippen LogP contribution in [-0.2, 0) is 0 Å². The highest BCUT2D eigenvalue weighted by Gasteiger charge is 2.18. The maximum Gasteiger partial charge on any atom is 0.182 e. The lowest BCUT2D eigenvalue weighted by molar-refractivity contribution is 0.827. The number of anilines is 2. The van der Waals surface area contributed by atoms with E-state index >= 15 is 0 Å². The van der Waals surface area contributed by atoms with E-state index in [1.165, 1.54) is 6.20 Å². The molecule has 8 rings (SSSR count). The van der Waals surface area contributed by atoms with Crippen LogP contribution in [0.15, 0.2) is 96.3 Å². The van der Waals surface area contributed by atoms with Gasteiger partial charge < -0.3 is 11.5 Å². The van der Waals surface area contributed by atoms with Crippen molar-refractivity contribution in [3.63, 3.8) is 0 Å². The van der Waals surface area contributed by atoms with E-state index in [9.17, 15) is 0 Å². The summed E-state index contributed by atoms with van der Waals surface area (Å²) in [5, 5.41) is 11.8. The predicted octanol–water partition coefficient (Wildman–Crippen LogP) is 7.61. The summed E-state index contributed by atoms with van der Waals surface area (Å²) in [4.78, 5) is 26.5. The van der Waals surface area contributed by atoms with Crippen molar-refractivity contribution in [3.8, 4) is 34.2 Å². The lowest BCUT2D eigenvalue weighted by Gasteiger charge is -2.11. The molecule has 15 heteroatoms. The summed E-state index contributed by atoms with van der Waals surface area (Å²) in [5.41, 5.74) is 17.9. The molecule has 2 aromatic carbocycles. The van der Waals surface area contributed by atoms with E-state index in [2.05, 4.69) is 56.0 Å². The number of hydrogen-bond acceptors (Lipinski definition) is 10. The maximum atomic E-state index is 6.42. The molecule has 0 unspecified atom stereocenters. The van der Waals surface area contributed by atoms with Crippen LogP contribution in [0.25, 0.3) is 56.0 Å². The first-order chi connectivity index (χ1) is 23.6. The van der Waals surface area contributed by atoms with E-state index in [-0.39, 0.29) is 0 Å². The molecule has 0 amide bonds. The number of halogens is 3. The SMILES string of the molecule is Cc1ccn(-c2nc(N)c(Br)nc2-c2cc(Cl)c3ncccc3c2)n1.Cc1ccn(-c2nc(N)cnc2-c2cc(Cl)c3ncccc3c2)n1. The van der Waals surface area contributed by atoms with Crippen molar-refractivity contribution >= 4 is 72.6 Å². The van der Waals surface area contributed by atoms with Crippen molar-refractivity contribution in [2.45, 2.75) is 13.8 Å². The second-order valence-corrected chi connectivity index (χ2v) is 12.5. The molecule has 6 aromatic heterocycles. The fourth-order valence-corrected chi connectivity index (χ4v) is 5.98. The van der Waals surface area contributed by atoms with Crippen LogP contribution in [0, 0.1) is 13.8 Å². The maximum absolute atomic E-state index is 6.42. The van der Waals surface area contributed by atoms with E-state index in [1.807, 2.05) is 86.9 Å². The minimum absolute atomic E-state index is 0.292. The first-order valence-corrected chi connectivity index (χ1v) is 16.3. The number of fused-ring (bicyclic) bond motifs is 2. The molecule has 0 aliphatic heterocycles. The third-order valence-electron chi connectivity index (χ3n) is 7.37. The number of nitrogens with two attached hydrogens (primary N) is 2. The average molecular weight is 752 g/mol. The number of nitrogen functional groups attached to an aromatic ring is 2. The van der Waals surface area contributed by atoms with Crippen LogP contribution >= 0.6 is 39.1 Å². The van der Waals surface area contributed by atoms with E-state index in [1.54, 1.807) is 21.8 Å². The summed E-state index contributed by atoms with van der Waals surface area (Å²) in [5.74, 6) is 1.71. The predicted molar refractivity (Wildman–Crippen MR) is 196 cm³/mol. The van der Waals surface area contributed by atoms with Crippen LogP contribution in [0.5, 0.6) is 0 Å². The zero-order valence-corrected chi connectivity index (χ0v) is 29.0. The van der Waals surface area contributed by atoms with Gasteiger partial charge in [-0.25, -0.2) is 29.3 Å². The number of aromatic nitrogens is 10. The van der Waals surface area contributed by atoms with E-state index in [0.717, 1.165) is 44.3 Å². The summed E-state index contributed by atoms with van der Waals surface area (Å²) < 4.78 is 3.79. The van der Waals surface area contributed by atoms with Gasteiger partial charge in [-0.05, 0) is 78.3 Å². The summed E-state index contributed by atoms with van der Waals surface area (Å²) >= 11 is 16.2. The minimum atomic E-state index is 0.292. The Morgan fingerprint density at radius 1 is 0.653 bits per heavy atom. The Kier molecular flexibility index (Phi) is 8.63. The van der Waals surface area contributed by atoms with Crippen LogP contribution in [0.1, 0.15) is 11.4 Å². The molecule has 0 bridgehead atoms. The molecule has 12 nitrogen and oxygen atoms in total. The Hall–Kier alpha value is -5.50. The van der Waals surface area contributed by atoms with Gasteiger partial charge in [0.25, 0.3) is 0 Å². The van der Waals surface area contributed by atoms with Gasteiger partial charge >= 0.3 is 0 Å². The van der Waals surface area contributed by atoms with Crippen LogP contribution in [0.4, 0.5) is 11.6 Å². The summed E-state index contributed by atoms with van der Waals surface area (Å²) in [6, 6.07) is 19.0. The molecule has 0 radical (unpaired) electrons. The van der Waals surface area contributed by atoms with Gasteiger partial charge in [0.1, 0.15) is 21.8 Å². The van der Waals surface area contributed by atoms with Crippen molar-refractivity contribution in [2.75, 3.05) is 11.5 Å². The normalized spacial score (nSPS) is 11.1. The van der Waals surface area contributed by atoms with Gasteiger partial charge in [0.15, 0.2) is 17.5 Å². The van der Waals surface area contributed by atoms with Gasteiger partial charge in [-0.15, -0.1) is 0 Å². The fraction of sp³-hybridized carbons (Fsp3) is 0.0588. The molecular formula is C34H25BrCl2N12. The summed E-state index contributed by atoms with van der Waals surface area (Å²) in [6.45, 7) is 3.82. The Balaban J connectivity index is 0.000000154. The van der Waals surface area contributed by atoms with E-state index in [4.69, 9.17) is 34.7 Å². The first-order valence-electron chi connectivity index (χ1n) is 14.7. The molecule has 0 aliphatic carbocycles. The molecule has 0 spiro atoms. The molecule has 0 fully saturated rings. The third kappa shape index (κ3) is 6.51. The largest absolute Gasteiger partial charge is 0.382 e. The highest BCUT2D eigenvalue weighted by atomic mass is 79.9. The van der Waals surface area contributed by atoms with Crippen LogP contribution < -0.4 is 11.5 Å². The molecule has 0 saturated heterocycles. The zero-order chi connectivity index (χ0) is 34.2. The average Bonchev–Trinajstić information content (AvgIpc) is 3.74. The first kappa shape index (κ1) is 32.1. The van der Waals surface area contributed by atoms with Gasteiger partial charge in [0, 0.05) is 46.7 Å². The summed E-state index contributed by atoms with van der Waals surface area (Å²) in [6.07, 6.45) is 8.60. The van der Waals surface area contributed by atoms with Crippen LogP contribution in [0.2, 0.25) is 10.0 Å². The molecule has 0 atom stereocenters. The highest BCUT2D eigenvalue weighted by molar-refractivity contribution is 9.10. The molecule has 4 N–H and O–H groups in total. The number of pyridine rings is 2. The molecule has 6 heterocycles. The van der Waals surface area contributed by atoms with Gasteiger partial charge in [-0.3, -0.25) is 9.97 Å².